The van der Waals surface area contributed by atoms with Crippen molar-refractivity contribution in [1.29, 1.82) is 0 Å². The molecule has 16 heavy (non-hydrogen) atoms. The van der Waals surface area contributed by atoms with Gasteiger partial charge in [-0.3, -0.25) is 0 Å². The van der Waals surface area contributed by atoms with Crippen molar-refractivity contribution in [2.24, 2.45) is 0 Å². The highest BCUT2D eigenvalue weighted by Crippen LogP contribution is 2.54. The summed E-state index contributed by atoms with van der Waals surface area (Å²) in [6.45, 7) is 2.12. The third-order valence-electron chi connectivity index (χ3n) is 3.05. The summed E-state index contributed by atoms with van der Waals surface area (Å²) in [5.41, 5.74) is -0.162. The fraction of sp³-hybridized carbons (Fsp3) is 0.467. The first-order chi connectivity index (χ1) is 7.76. The van der Waals surface area contributed by atoms with E-state index in [1.165, 1.54) is 0 Å². The zero-order valence-corrected chi connectivity index (χ0v) is 9.67. The number of rotatable bonds is 3. The molecule has 1 aromatic rings. The van der Waals surface area contributed by atoms with Crippen LogP contribution in [0.1, 0.15) is 44.1 Å². The van der Waals surface area contributed by atoms with Gasteiger partial charge in [0.05, 0.1) is 0 Å². The number of unbranched alkanes of at least 4 members (excludes halogenated alkanes) is 2. The molecule has 2 atom stereocenters. The molecule has 2 rings (SSSR count). The summed E-state index contributed by atoms with van der Waals surface area (Å²) in [5.74, 6) is 5.77. The number of hydrogen-bond donors (Lipinski definition) is 0. The molecule has 0 bridgehead atoms. The number of hydrogen-bond acceptors (Lipinski definition) is 0. The third kappa shape index (κ3) is 2.44. The number of benzene rings is 1. The average molecular weight is 216 g/mol. The predicted octanol–water partition coefficient (Wildman–Crippen LogP) is 4.08. The van der Waals surface area contributed by atoms with Crippen molar-refractivity contribution >= 4 is 0 Å². The van der Waals surface area contributed by atoms with Crippen LogP contribution in [0.25, 0.3) is 0 Å². The van der Waals surface area contributed by atoms with Crippen molar-refractivity contribution in [3.8, 4) is 11.8 Å². The van der Waals surface area contributed by atoms with Gasteiger partial charge in [-0.15, -0.1) is 0 Å². The van der Waals surface area contributed by atoms with E-state index in [2.05, 4.69) is 18.8 Å². The van der Waals surface area contributed by atoms with Gasteiger partial charge in [0, 0.05) is 18.8 Å². The topological polar surface area (TPSA) is 0 Å². The van der Waals surface area contributed by atoms with Crippen molar-refractivity contribution in [2.75, 3.05) is 0 Å². The van der Waals surface area contributed by atoms with E-state index in [0.717, 1.165) is 24.8 Å². The van der Waals surface area contributed by atoms with Crippen molar-refractivity contribution in [3.63, 3.8) is 0 Å². The summed E-state index contributed by atoms with van der Waals surface area (Å²) in [4.78, 5) is 0. The second-order valence-corrected chi connectivity index (χ2v) is 4.44. The molecule has 1 heteroatoms. The van der Waals surface area contributed by atoms with E-state index >= 15 is 0 Å². The Morgan fingerprint density at radius 2 is 2.12 bits per heavy atom. The van der Waals surface area contributed by atoms with Crippen LogP contribution in [0.2, 0.25) is 0 Å². The van der Waals surface area contributed by atoms with Crippen LogP contribution in [0, 0.1) is 11.8 Å². The Balaban J connectivity index is 1.95. The van der Waals surface area contributed by atoms with Crippen LogP contribution >= 0.6 is 0 Å². The van der Waals surface area contributed by atoms with Crippen LogP contribution in [0.15, 0.2) is 30.3 Å². The van der Waals surface area contributed by atoms with Gasteiger partial charge in [0.2, 0.25) is 0 Å². The lowest BCUT2D eigenvalue weighted by molar-refractivity contribution is 0.382. The maximum Gasteiger partial charge on any atom is 0.178 e. The first kappa shape index (κ1) is 11.2. The molecule has 1 fully saturated rings. The van der Waals surface area contributed by atoms with Crippen LogP contribution in [0.5, 0.6) is 0 Å². The summed E-state index contributed by atoms with van der Waals surface area (Å²) in [5, 5.41) is 0. The Morgan fingerprint density at radius 1 is 1.38 bits per heavy atom. The normalized spacial score (nSPS) is 27.0. The highest BCUT2D eigenvalue weighted by Gasteiger charge is 2.55. The van der Waals surface area contributed by atoms with E-state index in [1.807, 2.05) is 30.3 Å². The Hall–Kier alpha value is -1.29. The summed E-state index contributed by atoms with van der Waals surface area (Å²) in [6.07, 6.45) is 3.58. The molecule has 0 nitrogen and oxygen atoms in total. The fourth-order valence-corrected chi connectivity index (χ4v) is 1.92. The number of halogens is 1. The van der Waals surface area contributed by atoms with Crippen molar-refractivity contribution in [1.82, 2.24) is 0 Å². The molecule has 0 aromatic heterocycles. The highest BCUT2D eigenvalue weighted by atomic mass is 19.1. The molecule has 0 spiro atoms. The molecule has 0 N–H and O–H groups in total. The quantitative estimate of drug-likeness (QED) is 0.527. The van der Waals surface area contributed by atoms with Gasteiger partial charge in [0.25, 0.3) is 0 Å². The molecular weight excluding hydrogens is 199 g/mol. The second kappa shape index (κ2) is 4.70. The Bertz CT molecular complexity index is 398. The average Bonchev–Trinajstić information content (AvgIpc) is 2.99. The Morgan fingerprint density at radius 3 is 2.81 bits per heavy atom. The van der Waals surface area contributed by atoms with Gasteiger partial charge in [-0.25, -0.2) is 4.39 Å². The summed E-state index contributed by atoms with van der Waals surface area (Å²) in [6, 6.07) is 9.84. The van der Waals surface area contributed by atoms with Crippen LogP contribution in [0.3, 0.4) is 0 Å². The molecule has 0 radical (unpaired) electrons. The maximum atomic E-state index is 14.1. The minimum absolute atomic E-state index is 0.00262. The van der Waals surface area contributed by atoms with Gasteiger partial charge in [-0.05, 0) is 12.0 Å². The van der Waals surface area contributed by atoms with Gasteiger partial charge in [0.15, 0.2) is 5.67 Å². The summed E-state index contributed by atoms with van der Waals surface area (Å²) in [7, 11) is 0. The van der Waals surface area contributed by atoms with Crippen molar-refractivity contribution in [2.45, 2.75) is 44.2 Å². The molecule has 0 saturated heterocycles. The smallest absolute Gasteiger partial charge is 0.178 e. The van der Waals surface area contributed by atoms with E-state index in [9.17, 15) is 4.39 Å². The standard InChI is InChI=1S/C15H17F/c1-2-3-4-8-11-15(16)12-14(15)13-9-6-5-7-10-13/h5-7,9-10,14H,2-4,12H2,1H3/t14-,15+/m0/s1. The fourth-order valence-electron chi connectivity index (χ4n) is 1.92. The lowest BCUT2D eigenvalue weighted by Gasteiger charge is -1.99. The zero-order chi connectivity index (χ0) is 11.4. The van der Waals surface area contributed by atoms with Gasteiger partial charge < -0.3 is 0 Å². The van der Waals surface area contributed by atoms with Gasteiger partial charge in [-0.2, -0.15) is 0 Å². The lowest BCUT2D eigenvalue weighted by Crippen LogP contribution is -1.98. The highest BCUT2D eigenvalue weighted by molar-refractivity contribution is 5.39. The first-order valence-corrected chi connectivity index (χ1v) is 6.00. The minimum Gasteiger partial charge on any atom is -0.229 e. The minimum atomic E-state index is -1.24. The Labute approximate surface area is 96.9 Å². The van der Waals surface area contributed by atoms with E-state index in [-0.39, 0.29) is 5.92 Å². The molecule has 1 aromatic carbocycles. The molecule has 0 unspecified atom stereocenters. The van der Waals surface area contributed by atoms with Gasteiger partial charge in [0.1, 0.15) is 0 Å². The molecule has 84 valence electrons. The van der Waals surface area contributed by atoms with Crippen LogP contribution < -0.4 is 0 Å². The summed E-state index contributed by atoms with van der Waals surface area (Å²) >= 11 is 0. The summed E-state index contributed by atoms with van der Waals surface area (Å²) < 4.78 is 14.1. The van der Waals surface area contributed by atoms with Gasteiger partial charge >= 0.3 is 0 Å². The van der Waals surface area contributed by atoms with Crippen molar-refractivity contribution < 1.29 is 4.39 Å². The SMILES string of the molecule is CCCCC#C[C@@]1(F)C[C@H]1c1ccccc1. The zero-order valence-electron chi connectivity index (χ0n) is 9.67. The maximum absolute atomic E-state index is 14.1. The molecule has 1 aliphatic rings. The third-order valence-corrected chi connectivity index (χ3v) is 3.05. The van der Waals surface area contributed by atoms with Crippen molar-refractivity contribution in [3.05, 3.63) is 35.9 Å². The molecule has 0 amide bonds. The lowest BCUT2D eigenvalue weighted by atomic mass is 10.1. The van der Waals surface area contributed by atoms with Crippen LogP contribution in [0.4, 0.5) is 4.39 Å². The van der Waals surface area contributed by atoms with Crippen LogP contribution in [-0.4, -0.2) is 5.67 Å². The largest absolute Gasteiger partial charge is 0.229 e. The Kier molecular flexibility index (Phi) is 3.29. The molecule has 0 aliphatic heterocycles. The van der Waals surface area contributed by atoms with E-state index in [0.29, 0.717) is 6.42 Å². The van der Waals surface area contributed by atoms with E-state index < -0.39 is 5.67 Å². The first-order valence-electron chi connectivity index (χ1n) is 6.00. The molecule has 1 saturated carbocycles. The second-order valence-electron chi connectivity index (χ2n) is 4.44. The predicted molar refractivity (Wildman–Crippen MR) is 64.9 cm³/mol. The molecule has 1 aliphatic carbocycles. The van der Waals surface area contributed by atoms with Crippen LogP contribution in [-0.2, 0) is 0 Å². The molecule has 0 heterocycles. The van der Waals surface area contributed by atoms with E-state index in [4.69, 9.17) is 0 Å². The van der Waals surface area contributed by atoms with E-state index in [1.54, 1.807) is 0 Å². The number of alkyl halides is 1. The molecular formula is C15H17F. The van der Waals surface area contributed by atoms with Gasteiger partial charge in [-0.1, -0.05) is 55.5 Å². The monoisotopic (exact) mass is 216 g/mol.